The number of carbonyl (C=O) groups is 1. The molecule has 2 heterocycles. The molecular formula is C17H14O2S. The number of rotatable bonds is 2. The molecule has 0 radical (unpaired) electrons. The zero-order chi connectivity index (χ0) is 13.5. The minimum atomic E-state index is 0.0144. The van der Waals surface area contributed by atoms with E-state index in [1.807, 2.05) is 30.3 Å². The van der Waals surface area contributed by atoms with Gasteiger partial charge in [-0.1, -0.05) is 18.2 Å². The summed E-state index contributed by atoms with van der Waals surface area (Å²) in [6, 6.07) is 11.6. The zero-order valence-electron chi connectivity index (χ0n) is 11.0. The average Bonchev–Trinajstić information content (AvgIpc) is 3.10. The molecule has 0 amide bonds. The number of fused-ring (bicyclic) bond motifs is 2. The molecule has 100 valence electrons. The monoisotopic (exact) mass is 282 g/mol. The maximum atomic E-state index is 12.6. The van der Waals surface area contributed by atoms with E-state index in [0.29, 0.717) is 5.76 Å². The molecule has 2 aromatic heterocycles. The summed E-state index contributed by atoms with van der Waals surface area (Å²) < 4.78 is 5.67. The first-order valence-corrected chi connectivity index (χ1v) is 7.78. The number of thiophene rings is 1. The van der Waals surface area contributed by atoms with Gasteiger partial charge in [0.05, 0.1) is 4.88 Å². The van der Waals surface area contributed by atoms with Crippen LogP contribution in [0.1, 0.15) is 38.7 Å². The fourth-order valence-electron chi connectivity index (χ4n) is 2.82. The first-order valence-electron chi connectivity index (χ1n) is 6.96. The lowest BCUT2D eigenvalue weighted by Gasteiger charge is -2.08. The van der Waals surface area contributed by atoms with Crippen molar-refractivity contribution in [1.82, 2.24) is 0 Å². The molecule has 4 rings (SSSR count). The molecule has 20 heavy (non-hydrogen) atoms. The Morgan fingerprint density at radius 3 is 2.80 bits per heavy atom. The van der Waals surface area contributed by atoms with Crippen molar-refractivity contribution in [3.63, 3.8) is 0 Å². The van der Waals surface area contributed by atoms with Crippen molar-refractivity contribution < 1.29 is 9.21 Å². The maximum absolute atomic E-state index is 12.6. The number of aryl methyl sites for hydroxylation is 2. The number of benzene rings is 1. The normalized spacial score (nSPS) is 14.4. The van der Waals surface area contributed by atoms with E-state index in [1.54, 1.807) is 11.3 Å². The van der Waals surface area contributed by atoms with Gasteiger partial charge in [0.25, 0.3) is 0 Å². The minimum absolute atomic E-state index is 0.0144. The van der Waals surface area contributed by atoms with Crippen molar-refractivity contribution >= 4 is 28.1 Å². The summed E-state index contributed by atoms with van der Waals surface area (Å²) >= 11 is 1.64. The summed E-state index contributed by atoms with van der Waals surface area (Å²) in [5.74, 6) is 0.463. The Labute approximate surface area is 121 Å². The largest absolute Gasteiger partial charge is 0.453 e. The van der Waals surface area contributed by atoms with Crippen LogP contribution in [0, 0.1) is 0 Å². The Balaban J connectivity index is 1.74. The third kappa shape index (κ3) is 1.90. The number of hydrogen-bond donors (Lipinski definition) is 0. The van der Waals surface area contributed by atoms with Gasteiger partial charge in [-0.15, -0.1) is 11.3 Å². The van der Waals surface area contributed by atoms with Gasteiger partial charge in [-0.05, 0) is 49.4 Å². The summed E-state index contributed by atoms with van der Waals surface area (Å²) in [6.07, 6.45) is 4.71. The van der Waals surface area contributed by atoms with Crippen LogP contribution < -0.4 is 0 Å². The predicted octanol–water partition coefficient (Wildman–Crippen LogP) is 4.60. The van der Waals surface area contributed by atoms with E-state index in [9.17, 15) is 4.79 Å². The molecule has 0 spiro atoms. The van der Waals surface area contributed by atoms with Crippen LogP contribution in [-0.2, 0) is 12.8 Å². The Kier molecular flexibility index (Phi) is 2.74. The maximum Gasteiger partial charge on any atom is 0.238 e. The molecule has 1 aliphatic carbocycles. The van der Waals surface area contributed by atoms with Crippen LogP contribution in [0.4, 0.5) is 0 Å². The molecule has 0 unspecified atom stereocenters. The third-order valence-corrected chi connectivity index (χ3v) is 5.11. The van der Waals surface area contributed by atoms with E-state index in [2.05, 4.69) is 6.07 Å². The fraction of sp³-hybridized carbons (Fsp3) is 0.235. The molecular weight excluding hydrogens is 268 g/mol. The first kappa shape index (κ1) is 11.9. The van der Waals surface area contributed by atoms with Crippen molar-refractivity contribution in [1.29, 1.82) is 0 Å². The van der Waals surface area contributed by atoms with Crippen LogP contribution >= 0.6 is 11.3 Å². The Morgan fingerprint density at radius 1 is 1.10 bits per heavy atom. The summed E-state index contributed by atoms with van der Waals surface area (Å²) in [7, 11) is 0. The fourth-order valence-corrected chi connectivity index (χ4v) is 4.02. The highest BCUT2D eigenvalue weighted by Crippen LogP contribution is 2.31. The second-order valence-electron chi connectivity index (χ2n) is 5.24. The third-order valence-electron chi connectivity index (χ3n) is 3.87. The molecule has 0 aliphatic heterocycles. The topological polar surface area (TPSA) is 30.2 Å². The van der Waals surface area contributed by atoms with Crippen LogP contribution in [0.2, 0.25) is 0 Å². The van der Waals surface area contributed by atoms with Gasteiger partial charge in [0.2, 0.25) is 5.78 Å². The van der Waals surface area contributed by atoms with Crippen LogP contribution in [0.3, 0.4) is 0 Å². The molecule has 0 saturated heterocycles. The summed E-state index contributed by atoms with van der Waals surface area (Å²) in [5.41, 5.74) is 2.14. The molecule has 2 nitrogen and oxygen atoms in total. The molecule has 0 atom stereocenters. The lowest BCUT2D eigenvalue weighted by atomic mass is 9.99. The minimum Gasteiger partial charge on any atom is -0.453 e. The predicted molar refractivity (Wildman–Crippen MR) is 80.6 cm³/mol. The van der Waals surface area contributed by atoms with Crippen molar-refractivity contribution in [2.45, 2.75) is 25.7 Å². The van der Waals surface area contributed by atoms with Gasteiger partial charge < -0.3 is 4.42 Å². The van der Waals surface area contributed by atoms with Crippen molar-refractivity contribution in [2.75, 3.05) is 0 Å². The molecule has 1 aliphatic rings. The number of furan rings is 1. The van der Waals surface area contributed by atoms with E-state index in [0.717, 1.165) is 28.7 Å². The molecule has 3 aromatic rings. The zero-order valence-corrected chi connectivity index (χ0v) is 11.8. The van der Waals surface area contributed by atoms with Gasteiger partial charge in [-0.3, -0.25) is 4.79 Å². The Morgan fingerprint density at radius 2 is 1.95 bits per heavy atom. The highest BCUT2D eigenvalue weighted by molar-refractivity contribution is 7.14. The lowest BCUT2D eigenvalue weighted by Crippen LogP contribution is -1.97. The van der Waals surface area contributed by atoms with E-state index >= 15 is 0 Å². The van der Waals surface area contributed by atoms with Crippen LogP contribution in [0.5, 0.6) is 0 Å². The van der Waals surface area contributed by atoms with Crippen molar-refractivity contribution in [2.24, 2.45) is 0 Å². The quantitative estimate of drug-likeness (QED) is 0.643. The standard InChI is InChI=1S/C17H14O2S/c18-17(14-9-11-5-1-3-7-13(11)19-14)16-10-12-6-2-4-8-15(12)20-16/h1,3,5,7,9-10H,2,4,6,8H2. The number of ketones is 1. The average molecular weight is 282 g/mol. The van der Waals surface area contributed by atoms with Gasteiger partial charge in [-0.25, -0.2) is 0 Å². The van der Waals surface area contributed by atoms with Crippen LogP contribution in [-0.4, -0.2) is 5.78 Å². The van der Waals surface area contributed by atoms with Crippen LogP contribution in [0.15, 0.2) is 40.8 Å². The molecule has 0 bridgehead atoms. The van der Waals surface area contributed by atoms with E-state index in [-0.39, 0.29) is 5.78 Å². The van der Waals surface area contributed by atoms with Gasteiger partial charge in [0.1, 0.15) is 5.58 Å². The highest BCUT2D eigenvalue weighted by atomic mass is 32.1. The molecule has 1 aromatic carbocycles. The Bertz CT molecular complexity index is 738. The number of hydrogen-bond acceptors (Lipinski definition) is 3. The highest BCUT2D eigenvalue weighted by Gasteiger charge is 2.20. The molecule has 0 N–H and O–H groups in total. The van der Waals surface area contributed by atoms with Crippen molar-refractivity contribution in [3.8, 4) is 0 Å². The second-order valence-corrected chi connectivity index (χ2v) is 6.38. The summed E-state index contributed by atoms with van der Waals surface area (Å²) in [4.78, 5) is 14.8. The van der Waals surface area contributed by atoms with Gasteiger partial charge in [0.15, 0.2) is 5.76 Å². The van der Waals surface area contributed by atoms with Gasteiger partial charge in [0, 0.05) is 10.3 Å². The molecule has 0 saturated carbocycles. The molecule has 0 fully saturated rings. The van der Waals surface area contributed by atoms with E-state index in [4.69, 9.17) is 4.42 Å². The number of carbonyl (C=O) groups excluding carboxylic acids is 1. The first-order chi connectivity index (χ1) is 9.81. The summed E-state index contributed by atoms with van der Waals surface area (Å²) in [5, 5.41) is 0.983. The van der Waals surface area contributed by atoms with Gasteiger partial charge >= 0.3 is 0 Å². The van der Waals surface area contributed by atoms with E-state index in [1.165, 1.54) is 23.3 Å². The SMILES string of the molecule is O=C(c1cc2ccccc2o1)c1cc2c(s1)CCCC2. The second kappa shape index (κ2) is 4.60. The Hall–Kier alpha value is -1.87. The van der Waals surface area contributed by atoms with E-state index < -0.39 is 0 Å². The number of para-hydroxylation sites is 1. The van der Waals surface area contributed by atoms with Gasteiger partial charge in [-0.2, -0.15) is 0 Å². The lowest BCUT2D eigenvalue weighted by molar-refractivity contribution is 0.101. The van der Waals surface area contributed by atoms with Crippen LogP contribution in [0.25, 0.3) is 11.0 Å². The van der Waals surface area contributed by atoms with Crippen molar-refractivity contribution in [3.05, 3.63) is 57.5 Å². The molecule has 3 heteroatoms. The summed E-state index contributed by atoms with van der Waals surface area (Å²) in [6.45, 7) is 0. The smallest absolute Gasteiger partial charge is 0.238 e.